The average Bonchev–Trinajstić information content (AvgIpc) is 3.05. The maximum absolute atomic E-state index is 13.1. The standard InChI is InChI=1S/C22H19BrClNO6S2/c1-4-30-17-8-12(7-14(23)20(17)31-11-19(26)29-3)9-18-21(27)25(22(32)33-18)13-5-6-16(28-2)15(24)10-13/h5-10H,4,11H2,1-3H3/b18-9-. The molecule has 1 aliphatic rings. The zero-order chi connectivity index (χ0) is 24.1. The van der Waals surface area contributed by atoms with Crippen LogP contribution in [-0.2, 0) is 14.3 Å². The van der Waals surface area contributed by atoms with Crippen LogP contribution in [-0.4, -0.2) is 43.6 Å². The van der Waals surface area contributed by atoms with Gasteiger partial charge in [0.05, 0.1) is 40.9 Å². The average molecular weight is 573 g/mol. The zero-order valence-electron chi connectivity index (χ0n) is 17.8. The third-order valence-corrected chi connectivity index (χ3v) is 6.57. The van der Waals surface area contributed by atoms with E-state index in [0.717, 1.165) is 0 Å². The molecule has 0 atom stereocenters. The molecule has 174 valence electrons. The molecule has 11 heteroatoms. The van der Waals surface area contributed by atoms with E-state index in [1.807, 2.05) is 6.92 Å². The highest BCUT2D eigenvalue weighted by atomic mass is 79.9. The number of carbonyl (C=O) groups excluding carboxylic acids is 2. The van der Waals surface area contributed by atoms with Gasteiger partial charge >= 0.3 is 5.97 Å². The van der Waals surface area contributed by atoms with Crippen molar-refractivity contribution in [2.24, 2.45) is 0 Å². The molecule has 3 rings (SSSR count). The first-order valence-corrected chi connectivity index (χ1v) is 12.0. The van der Waals surface area contributed by atoms with Crippen LogP contribution in [0.1, 0.15) is 12.5 Å². The number of anilines is 1. The van der Waals surface area contributed by atoms with E-state index in [1.54, 1.807) is 36.4 Å². The van der Waals surface area contributed by atoms with E-state index in [0.29, 0.717) is 53.8 Å². The number of hydrogen-bond donors (Lipinski definition) is 0. The third-order valence-electron chi connectivity index (χ3n) is 4.38. The van der Waals surface area contributed by atoms with Gasteiger partial charge in [-0.15, -0.1) is 0 Å². The van der Waals surface area contributed by atoms with Crippen molar-refractivity contribution in [1.29, 1.82) is 0 Å². The molecule has 0 N–H and O–H groups in total. The molecule has 0 unspecified atom stereocenters. The summed E-state index contributed by atoms with van der Waals surface area (Å²) in [7, 11) is 2.80. The number of amides is 1. The van der Waals surface area contributed by atoms with Crippen LogP contribution in [0.5, 0.6) is 17.2 Å². The van der Waals surface area contributed by atoms with Gasteiger partial charge < -0.3 is 18.9 Å². The number of methoxy groups -OCH3 is 2. The van der Waals surface area contributed by atoms with Gasteiger partial charge in [-0.05, 0) is 64.8 Å². The lowest BCUT2D eigenvalue weighted by Crippen LogP contribution is -2.27. The Balaban J connectivity index is 1.91. The maximum atomic E-state index is 13.1. The fraction of sp³-hybridized carbons (Fsp3) is 0.227. The van der Waals surface area contributed by atoms with Crippen LogP contribution in [0.15, 0.2) is 39.7 Å². The molecule has 0 aromatic heterocycles. The van der Waals surface area contributed by atoms with E-state index < -0.39 is 5.97 Å². The van der Waals surface area contributed by atoms with E-state index in [-0.39, 0.29) is 12.5 Å². The Morgan fingerprint density at radius 1 is 1.21 bits per heavy atom. The highest BCUT2D eigenvalue weighted by Gasteiger charge is 2.33. The Morgan fingerprint density at radius 3 is 2.61 bits per heavy atom. The fourth-order valence-corrected chi connectivity index (χ4v) is 5.03. The molecular formula is C22H19BrClNO6S2. The first kappa shape index (κ1) is 25.4. The van der Waals surface area contributed by atoms with Crippen molar-refractivity contribution < 1.29 is 28.5 Å². The number of carbonyl (C=O) groups is 2. The Hall–Kier alpha value is -2.27. The first-order valence-electron chi connectivity index (χ1n) is 9.56. The van der Waals surface area contributed by atoms with E-state index in [2.05, 4.69) is 20.7 Å². The number of halogens is 2. The van der Waals surface area contributed by atoms with Crippen LogP contribution in [0.2, 0.25) is 5.02 Å². The second-order valence-electron chi connectivity index (χ2n) is 6.46. The molecule has 2 aromatic carbocycles. The molecule has 2 aromatic rings. The van der Waals surface area contributed by atoms with Gasteiger partial charge in [0.1, 0.15) is 5.75 Å². The summed E-state index contributed by atoms with van der Waals surface area (Å²) in [6.45, 7) is 1.94. The van der Waals surface area contributed by atoms with E-state index in [9.17, 15) is 9.59 Å². The van der Waals surface area contributed by atoms with Gasteiger partial charge in [0.15, 0.2) is 22.4 Å². The Labute approximate surface area is 214 Å². The summed E-state index contributed by atoms with van der Waals surface area (Å²) in [4.78, 5) is 26.4. The molecule has 1 saturated heterocycles. The topological polar surface area (TPSA) is 74.3 Å². The van der Waals surface area contributed by atoms with Gasteiger partial charge in [-0.1, -0.05) is 35.6 Å². The quantitative estimate of drug-likeness (QED) is 0.234. The minimum absolute atomic E-state index is 0.266. The highest BCUT2D eigenvalue weighted by Crippen LogP contribution is 2.41. The van der Waals surface area contributed by atoms with Crippen molar-refractivity contribution >= 4 is 79.5 Å². The molecule has 0 bridgehead atoms. The van der Waals surface area contributed by atoms with Crippen molar-refractivity contribution in [3.8, 4) is 17.2 Å². The molecule has 1 fully saturated rings. The number of esters is 1. The molecule has 1 heterocycles. The largest absolute Gasteiger partial charge is 0.495 e. The first-order chi connectivity index (χ1) is 15.8. The number of nitrogens with zero attached hydrogens (tertiary/aromatic N) is 1. The minimum atomic E-state index is -0.518. The molecular weight excluding hydrogens is 554 g/mol. The highest BCUT2D eigenvalue weighted by molar-refractivity contribution is 9.10. The predicted molar refractivity (Wildman–Crippen MR) is 136 cm³/mol. The lowest BCUT2D eigenvalue weighted by molar-refractivity contribution is -0.142. The van der Waals surface area contributed by atoms with Crippen LogP contribution in [0, 0.1) is 0 Å². The van der Waals surface area contributed by atoms with Gasteiger partial charge in [-0.2, -0.15) is 0 Å². The van der Waals surface area contributed by atoms with Crippen LogP contribution < -0.4 is 19.1 Å². The Kier molecular flexibility index (Phi) is 8.63. The monoisotopic (exact) mass is 571 g/mol. The van der Waals surface area contributed by atoms with Crippen LogP contribution in [0.4, 0.5) is 5.69 Å². The van der Waals surface area contributed by atoms with Crippen molar-refractivity contribution in [2.45, 2.75) is 6.92 Å². The summed E-state index contributed by atoms with van der Waals surface area (Å²) in [5.41, 5.74) is 1.23. The Bertz CT molecular complexity index is 1140. The van der Waals surface area contributed by atoms with Gasteiger partial charge in [0, 0.05) is 0 Å². The fourth-order valence-electron chi connectivity index (χ4n) is 2.90. The van der Waals surface area contributed by atoms with Crippen molar-refractivity contribution in [3.63, 3.8) is 0 Å². The number of ether oxygens (including phenoxy) is 4. The van der Waals surface area contributed by atoms with Crippen molar-refractivity contribution in [1.82, 2.24) is 0 Å². The number of thioether (sulfide) groups is 1. The summed E-state index contributed by atoms with van der Waals surface area (Å²) in [6, 6.07) is 8.50. The predicted octanol–water partition coefficient (Wildman–Crippen LogP) is 5.47. The number of benzene rings is 2. The van der Waals surface area contributed by atoms with Crippen molar-refractivity contribution in [2.75, 3.05) is 32.3 Å². The summed E-state index contributed by atoms with van der Waals surface area (Å²) in [5.74, 6) is 0.491. The molecule has 0 radical (unpaired) electrons. The summed E-state index contributed by atoms with van der Waals surface area (Å²) in [5, 5.41) is 0.376. The molecule has 0 saturated carbocycles. The molecule has 0 aliphatic carbocycles. The normalized spacial score (nSPS) is 14.6. The van der Waals surface area contributed by atoms with Crippen LogP contribution in [0.25, 0.3) is 6.08 Å². The van der Waals surface area contributed by atoms with Crippen LogP contribution in [0.3, 0.4) is 0 Å². The smallest absolute Gasteiger partial charge is 0.343 e. The van der Waals surface area contributed by atoms with Crippen LogP contribution >= 0.6 is 51.5 Å². The summed E-state index contributed by atoms with van der Waals surface area (Å²) in [6.07, 6.45) is 1.71. The van der Waals surface area contributed by atoms with E-state index >= 15 is 0 Å². The van der Waals surface area contributed by atoms with Gasteiger partial charge in [0.25, 0.3) is 5.91 Å². The van der Waals surface area contributed by atoms with Gasteiger partial charge in [0.2, 0.25) is 0 Å². The zero-order valence-corrected chi connectivity index (χ0v) is 21.8. The molecule has 33 heavy (non-hydrogen) atoms. The summed E-state index contributed by atoms with van der Waals surface area (Å²) < 4.78 is 21.9. The van der Waals surface area contributed by atoms with E-state index in [1.165, 1.54) is 30.9 Å². The lowest BCUT2D eigenvalue weighted by Gasteiger charge is -2.16. The molecule has 0 spiro atoms. The molecule has 1 amide bonds. The third kappa shape index (κ3) is 5.81. The molecule has 7 nitrogen and oxygen atoms in total. The molecule has 1 aliphatic heterocycles. The SMILES string of the molecule is CCOc1cc(/C=C2\SC(=S)N(c3ccc(OC)c(Cl)c3)C2=O)cc(Br)c1OCC(=O)OC. The van der Waals surface area contributed by atoms with Crippen molar-refractivity contribution in [3.05, 3.63) is 50.3 Å². The maximum Gasteiger partial charge on any atom is 0.343 e. The number of hydrogen-bond acceptors (Lipinski definition) is 8. The number of rotatable bonds is 8. The summed E-state index contributed by atoms with van der Waals surface area (Å²) >= 11 is 16.3. The minimum Gasteiger partial charge on any atom is -0.495 e. The lowest BCUT2D eigenvalue weighted by atomic mass is 10.1. The number of thiocarbonyl (C=S) groups is 1. The Morgan fingerprint density at radius 2 is 1.97 bits per heavy atom. The van der Waals surface area contributed by atoms with Gasteiger partial charge in [-0.25, -0.2) is 4.79 Å². The van der Waals surface area contributed by atoms with E-state index in [4.69, 9.17) is 38.0 Å². The second-order valence-corrected chi connectivity index (χ2v) is 9.40. The second kappa shape index (κ2) is 11.2. The van der Waals surface area contributed by atoms with Gasteiger partial charge in [-0.3, -0.25) is 9.69 Å².